The molecule has 0 saturated heterocycles. The number of hydrogen-bond acceptors (Lipinski definition) is 1. The van der Waals surface area contributed by atoms with Gasteiger partial charge in [-0.15, -0.1) is 0 Å². The molecule has 168 valence electrons. The maximum absolute atomic E-state index is 12.8. The van der Waals surface area contributed by atoms with Gasteiger partial charge in [0.25, 0.3) is 0 Å². The molecule has 0 fully saturated rings. The summed E-state index contributed by atoms with van der Waals surface area (Å²) in [5.74, 6) is 5.57. The molecular weight excluding hydrogens is 453 g/mol. The maximum atomic E-state index is 12.8. The van der Waals surface area contributed by atoms with Gasteiger partial charge in [-0.25, -0.2) is 0 Å². The van der Waals surface area contributed by atoms with Gasteiger partial charge in [0.15, 0.2) is 0 Å². The average Bonchev–Trinajstić information content (AvgIpc) is 2.79. The van der Waals surface area contributed by atoms with Crippen molar-refractivity contribution in [1.29, 1.82) is 0 Å². The topological polar surface area (TPSA) is 3.24 Å². The van der Waals surface area contributed by atoms with Crippen LogP contribution >= 0.6 is 10.2 Å². The van der Waals surface area contributed by atoms with Crippen LogP contribution in [-0.2, 0) is 0 Å². The van der Waals surface area contributed by atoms with E-state index < -0.39 is 15.1 Å². The molecule has 0 aliphatic heterocycles. The van der Waals surface area contributed by atoms with E-state index in [4.69, 9.17) is 0 Å². The highest BCUT2D eigenvalue weighted by Crippen LogP contribution is 3.02. The van der Waals surface area contributed by atoms with Crippen LogP contribution in [0.3, 0.4) is 0 Å². The smallest absolute Gasteiger partial charge is 0.310 e. The van der Waals surface area contributed by atoms with Crippen molar-refractivity contribution in [2.75, 3.05) is 4.90 Å². The third-order valence-electron chi connectivity index (χ3n) is 4.81. The lowest BCUT2D eigenvalue weighted by atomic mass is 10.1. The minimum Gasteiger partial charge on any atom is -0.311 e. The van der Waals surface area contributed by atoms with Crippen LogP contribution in [-0.4, -0.2) is 0 Å². The van der Waals surface area contributed by atoms with E-state index in [0.29, 0.717) is 17.7 Å². The fourth-order valence-corrected chi connectivity index (χ4v) is 3.89. The Balaban J connectivity index is 1.60. The quantitative estimate of drug-likeness (QED) is 0.212. The zero-order valence-corrected chi connectivity index (χ0v) is 18.0. The van der Waals surface area contributed by atoms with Crippen molar-refractivity contribution in [3.05, 3.63) is 120 Å². The molecule has 33 heavy (non-hydrogen) atoms. The molecule has 0 spiro atoms. The fraction of sp³-hybridized carbons (Fsp3) is 0. The largest absolute Gasteiger partial charge is 0.311 e. The van der Waals surface area contributed by atoms with Gasteiger partial charge in [-0.1, -0.05) is 67.7 Å². The first-order valence-electron chi connectivity index (χ1n) is 9.86. The first-order chi connectivity index (χ1) is 15.5. The molecule has 0 aliphatic carbocycles. The van der Waals surface area contributed by atoms with Gasteiger partial charge in [-0.2, -0.15) is 0 Å². The number of rotatable bonds is 4. The van der Waals surface area contributed by atoms with Gasteiger partial charge in [0.2, 0.25) is 0 Å². The van der Waals surface area contributed by atoms with Crippen LogP contribution in [0.2, 0.25) is 0 Å². The molecule has 0 bridgehead atoms. The third kappa shape index (κ3) is 5.54. The molecule has 0 atom stereocenters. The summed E-state index contributed by atoms with van der Waals surface area (Å²) in [6.07, 6.45) is 0. The highest BCUT2D eigenvalue weighted by atomic mass is 32.5. The first-order valence-corrected chi connectivity index (χ1v) is 11.8. The summed E-state index contributed by atoms with van der Waals surface area (Å²) in [5.41, 5.74) is 3.70. The zero-order chi connectivity index (χ0) is 23.6. The van der Waals surface area contributed by atoms with Crippen molar-refractivity contribution in [3.63, 3.8) is 0 Å². The molecule has 1 nitrogen and oxygen atoms in total. The number of anilines is 3. The van der Waals surface area contributed by atoms with E-state index in [2.05, 4.69) is 16.7 Å². The van der Waals surface area contributed by atoms with Crippen molar-refractivity contribution in [3.8, 4) is 11.8 Å². The van der Waals surface area contributed by atoms with E-state index >= 15 is 0 Å². The molecule has 0 aromatic heterocycles. The molecule has 4 rings (SSSR count). The normalized spacial score (nSPS) is 13.2. The molecule has 4 aromatic rings. The Morgan fingerprint density at radius 3 is 1.21 bits per heavy atom. The van der Waals surface area contributed by atoms with Crippen molar-refractivity contribution >= 4 is 27.3 Å². The van der Waals surface area contributed by atoms with Crippen LogP contribution in [0.1, 0.15) is 11.1 Å². The summed E-state index contributed by atoms with van der Waals surface area (Å²) in [4.78, 5) is 0.155. The summed E-state index contributed by atoms with van der Waals surface area (Å²) >= 11 is 0. The minimum absolute atomic E-state index is 0.208. The third-order valence-corrected chi connectivity index (χ3v) is 5.97. The number of halogens is 5. The predicted molar refractivity (Wildman–Crippen MR) is 125 cm³/mol. The maximum Gasteiger partial charge on any atom is 0.310 e. The Kier molecular flexibility index (Phi) is 5.22. The number of hydrogen-bond donors (Lipinski definition) is 0. The SMILES string of the molecule is FS(F)(F)(F)(F)c1ccc(C#Cc2ccc(N(c3ccccc3)c3ccccc3)cc2)cc1. The van der Waals surface area contributed by atoms with Crippen LogP contribution in [0.25, 0.3) is 0 Å². The van der Waals surface area contributed by atoms with E-state index in [1.807, 2.05) is 72.8 Å². The van der Waals surface area contributed by atoms with Crippen LogP contribution < -0.4 is 4.90 Å². The second kappa shape index (κ2) is 7.68. The second-order valence-electron chi connectivity index (χ2n) is 7.30. The average molecular weight is 471 g/mol. The first kappa shape index (κ1) is 22.4. The molecule has 4 aromatic carbocycles. The Labute approximate surface area is 188 Å². The standard InChI is InChI=1S/C26H18F5NS/c27-33(28,29,30,31)26-19-15-22(16-20-26)12-11-21-13-17-25(18-14-21)32(23-7-3-1-4-8-23)24-9-5-2-6-10-24/h1-10,13-20H. The van der Waals surface area contributed by atoms with Crippen LogP contribution in [0.4, 0.5) is 36.5 Å². The lowest BCUT2D eigenvalue weighted by molar-refractivity contribution is 0.364. The molecule has 0 saturated carbocycles. The zero-order valence-electron chi connectivity index (χ0n) is 17.1. The molecule has 0 amide bonds. The summed E-state index contributed by atoms with van der Waals surface area (Å²) in [6, 6.07) is 29.7. The lowest BCUT2D eigenvalue weighted by Crippen LogP contribution is -2.09. The van der Waals surface area contributed by atoms with Gasteiger partial charge < -0.3 is 4.90 Å². The highest BCUT2D eigenvalue weighted by molar-refractivity contribution is 8.45. The van der Waals surface area contributed by atoms with Crippen molar-refractivity contribution < 1.29 is 19.4 Å². The van der Waals surface area contributed by atoms with Crippen LogP contribution in [0.5, 0.6) is 0 Å². The van der Waals surface area contributed by atoms with E-state index in [0.717, 1.165) is 29.2 Å². The van der Waals surface area contributed by atoms with E-state index in [-0.39, 0.29) is 5.56 Å². The van der Waals surface area contributed by atoms with Crippen LogP contribution in [0.15, 0.2) is 114 Å². The predicted octanol–water partition coefficient (Wildman–Crippen LogP) is 9.21. The molecule has 7 heteroatoms. The summed E-state index contributed by atoms with van der Waals surface area (Å²) in [6.45, 7) is 0. The molecule has 0 unspecified atom stereocenters. The number of para-hydroxylation sites is 2. The Morgan fingerprint density at radius 2 is 0.818 bits per heavy atom. The van der Waals surface area contributed by atoms with E-state index in [1.54, 1.807) is 12.1 Å². The Morgan fingerprint density at radius 1 is 0.455 bits per heavy atom. The molecule has 0 heterocycles. The monoisotopic (exact) mass is 471 g/mol. The van der Waals surface area contributed by atoms with Gasteiger partial charge in [-0.05, 0) is 72.8 Å². The Bertz CT molecular complexity index is 1270. The van der Waals surface area contributed by atoms with Gasteiger partial charge in [-0.3, -0.25) is 0 Å². The van der Waals surface area contributed by atoms with Crippen LogP contribution in [0, 0.1) is 11.8 Å². The Hall–Kier alpha value is -3.76. The summed E-state index contributed by atoms with van der Waals surface area (Å²) in [5, 5.41) is 0. The fourth-order valence-electron chi connectivity index (χ4n) is 3.23. The molecular formula is C26H18F5NS. The summed E-state index contributed by atoms with van der Waals surface area (Å²) < 4.78 is 64.2. The molecule has 0 aliphatic rings. The van der Waals surface area contributed by atoms with Gasteiger partial charge in [0, 0.05) is 28.2 Å². The molecule has 0 N–H and O–H groups in total. The lowest BCUT2D eigenvalue weighted by Gasteiger charge is -2.40. The number of nitrogens with zero attached hydrogens (tertiary/aromatic N) is 1. The second-order valence-corrected chi connectivity index (χ2v) is 9.71. The van der Waals surface area contributed by atoms with E-state index in [9.17, 15) is 19.4 Å². The van der Waals surface area contributed by atoms with Crippen molar-refractivity contribution in [2.24, 2.45) is 0 Å². The molecule has 0 radical (unpaired) electrons. The van der Waals surface area contributed by atoms with Gasteiger partial charge in [0.1, 0.15) is 4.90 Å². The highest BCUT2D eigenvalue weighted by Gasteiger charge is 2.65. The van der Waals surface area contributed by atoms with Gasteiger partial charge in [0.05, 0.1) is 0 Å². The van der Waals surface area contributed by atoms with Gasteiger partial charge >= 0.3 is 10.2 Å². The van der Waals surface area contributed by atoms with Crippen molar-refractivity contribution in [1.82, 2.24) is 0 Å². The number of benzene rings is 4. The van der Waals surface area contributed by atoms with Crippen molar-refractivity contribution in [2.45, 2.75) is 4.90 Å². The minimum atomic E-state index is -9.68. The summed E-state index contributed by atoms with van der Waals surface area (Å²) in [7, 11) is -9.68. The van der Waals surface area contributed by atoms with E-state index in [1.165, 1.54) is 0 Å².